The Labute approximate surface area is 169 Å². The second-order valence-electron chi connectivity index (χ2n) is 7.30. The Balaban J connectivity index is 0.000000396. The van der Waals surface area contributed by atoms with Crippen LogP contribution in [0.5, 0.6) is 0 Å². The molecule has 30 heavy (non-hydrogen) atoms. The number of carboxylic acid groups (broad SMARTS) is 2. The summed E-state index contributed by atoms with van der Waals surface area (Å²) in [6, 6.07) is 5.59. The van der Waals surface area contributed by atoms with Gasteiger partial charge in [0.15, 0.2) is 11.5 Å². The molecule has 2 aromatic rings. The summed E-state index contributed by atoms with van der Waals surface area (Å²) < 4.78 is 33.6. The maximum absolute atomic E-state index is 12.9. The van der Waals surface area contributed by atoms with Crippen molar-refractivity contribution in [3.63, 3.8) is 0 Å². The van der Waals surface area contributed by atoms with Gasteiger partial charge >= 0.3 is 18.1 Å². The highest BCUT2D eigenvalue weighted by Crippen LogP contribution is 2.59. The van der Waals surface area contributed by atoms with E-state index >= 15 is 0 Å². The molecule has 0 unspecified atom stereocenters. The first-order chi connectivity index (χ1) is 13.8. The first-order valence-corrected chi connectivity index (χ1v) is 8.89. The zero-order chi connectivity index (χ0) is 22.9. The standard InChI is InChI=1S/C16H20N4O3.C2HF3O2/c1-10(2)16(8-11(16)14(21)22)15(23)19(3)9-13-18-17-12-6-4-5-7-20(12)13;3-2(4,5)1(6)7/h4-7,10-11H,8-9H2,1-3H3,(H,21,22);(H,6,7)/t11-,16+;/m0./s1. The van der Waals surface area contributed by atoms with Gasteiger partial charge in [-0.25, -0.2) is 4.79 Å². The molecule has 0 radical (unpaired) electrons. The minimum Gasteiger partial charge on any atom is -0.481 e. The van der Waals surface area contributed by atoms with E-state index in [4.69, 9.17) is 9.90 Å². The lowest BCUT2D eigenvalue weighted by Crippen LogP contribution is -2.39. The molecule has 0 aliphatic heterocycles. The van der Waals surface area contributed by atoms with E-state index in [2.05, 4.69) is 10.2 Å². The number of fused-ring (bicyclic) bond motifs is 1. The predicted octanol–water partition coefficient (Wildman–Crippen LogP) is 2.07. The zero-order valence-corrected chi connectivity index (χ0v) is 16.4. The van der Waals surface area contributed by atoms with E-state index in [9.17, 15) is 27.9 Å². The molecule has 0 saturated heterocycles. The summed E-state index contributed by atoms with van der Waals surface area (Å²) >= 11 is 0. The summed E-state index contributed by atoms with van der Waals surface area (Å²) in [5, 5.41) is 24.6. The number of nitrogens with zero attached hydrogens (tertiary/aromatic N) is 4. The van der Waals surface area contributed by atoms with Gasteiger partial charge in [-0.3, -0.25) is 14.0 Å². The van der Waals surface area contributed by atoms with E-state index in [1.165, 1.54) is 0 Å². The maximum Gasteiger partial charge on any atom is 0.490 e. The molecule has 0 bridgehead atoms. The largest absolute Gasteiger partial charge is 0.490 e. The highest BCUT2D eigenvalue weighted by atomic mass is 19.4. The van der Waals surface area contributed by atoms with Crippen molar-refractivity contribution in [1.29, 1.82) is 0 Å². The number of amides is 1. The Kier molecular flexibility index (Phi) is 6.38. The van der Waals surface area contributed by atoms with Gasteiger partial charge < -0.3 is 15.1 Å². The van der Waals surface area contributed by atoms with Crippen LogP contribution in [0.15, 0.2) is 24.4 Å². The summed E-state index contributed by atoms with van der Waals surface area (Å²) in [6.07, 6.45) is -2.83. The quantitative estimate of drug-likeness (QED) is 0.744. The third-order valence-corrected chi connectivity index (χ3v) is 5.08. The molecule has 1 aliphatic carbocycles. The minimum atomic E-state index is -5.08. The van der Waals surface area contributed by atoms with Crippen LogP contribution in [0, 0.1) is 17.3 Å². The highest BCUT2D eigenvalue weighted by Gasteiger charge is 2.66. The molecule has 0 aromatic carbocycles. The maximum atomic E-state index is 12.9. The van der Waals surface area contributed by atoms with E-state index in [1.54, 1.807) is 11.9 Å². The van der Waals surface area contributed by atoms with Crippen LogP contribution in [-0.4, -0.2) is 60.8 Å². The number of aliphatic carboxylic acids is 2. The average Bonchev–Trinajstić information content (AvgIpc) is 3.31. The predicted molar refractivity (Wildman–Crippen MR) is 96.2 cm³/mol. The van der Waals surface area contributed by atoms with E-state index in [-0.39, 0.29) is 11.8 Å². The van der Waals surface area contributed by atoms with Gasteiger partial charge in [0.2, 0.25) is 5.91 Å². The van der Waals surface area contributed by atoms with Crippen LogP contribution in [-0.2, 0) is 20.9 Å². The lowest BCUT2D eigenvalue weighted by Gasteiger charge is -2.26. The van der Waals surface area contributed by atoms with Crippen molar-refractivity contribution < 1.29 is 37.8 Å². The van der Waals surface area contributed by atoms with Crippen molar-refractivity contribution in [3.8, 4) is 0 Å². The van der Waals surface area contributed by atoms with Crippen molar-refractivity contribution in [2.45, 2.75) is 33.0 Å². The van der Waals surface area contributed by atoms with Crippen LogP contribution < -0.4 is 0 Å². The van der Waals surface area contributed by atoms with Crippen LogP contribution in [0.2, 0.25) is 0 Å². The van der Waals surface area contributed by atoms with Crippen molar-refractivity contribution in [2.24, 2.45) is 17.3 Å². The summed E-state index contributed by atoms with van der Waals surface area (Å²) in [4.78, 5) is 34.6. The topological polar surface area (TPSA) is 125 Å². The SMILES string of the molecule is CC(C)[C@]1(C(=O)N(C)Cc2nnc3ccccn23)C[C@H]1C(=O)O.O=C(O)C(F)(F)F. The summed E-state index contributed by atoms with van der Waals surface area (Å²) in [5.41, 5.74) is -0.0714. The van der Waals surface area contributed by atoms with Gasteiger partial charge in [0.1, 0.15) is 0 Å². The fourth-order valence-corrected chi connectivity index (χ4v) is 3.35. The molecule has 3 rings (SSSR count). The number of hydrogen-bond donors (Lipinski definition) is 2. The normalized spacial score (nSPS) is 20.4. The molecule has 2 N–H and O–H groups in total. The molecular weight excluding hydrogens is 409 g/mol. The minimum absolute atomic E-state index is 0.0197. The lowest BCUT2D eigenvalue weighted by molar-refractivity contribution is -0.192. The zero-order valence-electron chi connectivity index (χ0n) is 16.4. The van der Waals surface area contributed by atoms with Crippen molar-refractivity contribution >= 4 is 23.5 Å². The van der Waals surface area contributed by atoms with Gasteiger partial charge in [-0.15, -0.1) is 10.2 Å². The van der Waals surface area contributed by atoms with Crippen LogP contribution in [0.25, 0.3) is 5.65 Å². The molecule has 12 heteroatoms. The molecule has 1 saturated carbocycles. The number of carbonyl (C=O) groups is 3. The molecule has 2 atom stereocenters. The van der Waals surface area contributed by atoms with Gasteiger partial charge in [-0.05, 0) is 24.5 Å². The first kappa shape index (κ1) is 23.1. The molecular formula is C18H21F3N4O5. The van der Waals surface area contributed by atoms with Crippen LogP contribution >= 0.6 is 0 Å². The average molecular weight is 430 g/mol. The first-order valence-electron chi connectivity index (χ1n) is 8.89. The molecule has 1 amide bonds. The highest BCUT2D eigenvalue weighted by molar-refractivity contribution is 5.93. The molecule has 9 nitrogen and oxygen atoms in total. The van der Waals surface area contributed by atoms with Crippen molar-refractivity contribution in [3.05, 3.63) is 30.2 Å². The number of pyridine rings is 1. The number of alkyl halides is 3. The van der Waals surface area contributed by atoms with Crippen LogP contribution in [0.1, 0.15) is 26.1 Å². The number of rotatable bonds is 5. The number of hydrogen-bond acceptors (Lipinski definition) is 5. The van der Waals surface area contributed by atoms with Gasteiger partial charge in [0.05, 0.1) is 17.9 Å². The van der Waals surface area contributed by atoms with Gasteiger partial charge in [-0.1, -0.05) is 19.9 Å². The third kappa shape index (κ3) is 4.52. The second-order valence-corrected chi connectivity index (χ2v) is 7.30. The van der Waals surface area contributed by atoms with Gasteiger partial charge in [-0.2, -0.15) is 13.2 Å². The smallest absolute Gasteiger partial charge is 0.481 e. The van der Waals surface area contributed by atoms with Crippen LogP contribution in [0.3, 0.4) is 0 Å². The molecule has 1 fully saturated rings. The Morgan fingerprint density at radius 2 is 1.87 bits per heavy atom. The fourth-order valence-electron chi connectivity index (χ4n) is 3.35. The second kappa shape index (κ2) is 8.28. The monoisotopic (exact) mass is 430 g/mol. The van der Waals surface area contributed by atoms with E-state index in [0.717, 1.165) is 5.65 Å². The summed E-state index contributed by atoms with van der Waals surface area (Å²) in [7, 11) is 1.69. The van der Waals surface area contributed by atoms with E-state index in [1.807, 2.05) is 42.6 Å². The fraction of sp³-hybridized carbons (Fsp3) is 0.500. The molecule has 164 valence electrons. The summed E-state index contributed by atoms with van der Waals surface area (Å²) in [6.45, 7) is 4.10. The Morgan fingerprint density at radius 3 is 2.33 bits per heavy atom. The molecule has 2 heterocycles. The molecule has 2 aromatic heterocycles. The third-order valence-electron chi connectivity index (χ3n) is 5.08. The lowest BCUT2D eigenvalue weighted by atomic mass is 9.88. The van der Waals surface area contributed by atoms with Crippen molar-refractivity contribution in [2.75, 3.05) is 7.05 Å². The Bertz CT molecular complexity index is 959. The number of aromatic nitrogens is 3. The number of halogens is 3. The summed E-state index contributed by atoms with van der Waals surface area (Å²) in [5.74, 6) is -3.74. The Morgan fingerprint density at radius 1 is 1.27 bits per heavy atom. The van der Waals surface area contributed by atoms with E-state index < -0.39 is 29.4 Å². The molecule has 0 spiro atoms. The molecule has 1 aliphatic rings. The van der Waals surface area contributed by atoms with Crippen molar-refractivity contribution in [1.82, 2.24) is 19.5 Å². The van der Waals surface area contributed by atoms with Gasteiger partial charge in [0.25, 0.3) is 0 Å². The van der Waals surface area contributed by atoms with Crippen LogP contribution in [0.4, 0.5) is 13.2 Å². The Hall–Kier alpha value is -3.18. The van der Waals surface area contributed by atoms with Gasteiger partial charge in [0, 0.05) is 13.2 Å². The number of carbonyl (C=O) groups excluding carboxylic acids is 1. The van der Waals surface area contributed by atoms with E-state index in [0.29, 0.717) is 18.8 Å². The number of carboxylic acids is 2.